The van der Waals surface area contributed by atoms with E-state index in [4.69, 9.17) is 0 Å². The third kappa shape index (κ3) is 2.94. The summed E-state index contributed by atoms with van der Waals surface area (Å²) in [6.45, 7) is 8.28. The van der Waals surface area contributed by atoms with Crippen LogP contribution in [0.5, 0.6) is 0 Å². The molecule has 2 fully saturated rings. The van der Waals surface area contributed by atoms with Crippen LogP contribution >= 0.6 is 0 Å². The van der Waals surface area contributed by atoms with E-state index in [0.717, 1.165) is 52.1 Å². The van der Waals surface area contributed by atoms with Gasteiger partial charge in [-0.2, -0.15) is 0 Å². The molecule has 94 valence electrons. The smallest absolute Gasteiger partial charge is 0.0798 e. The quantitative estimate of drug-likeness (QED) is 0.608. The molecule has 0 aliphatic carbocycles. The lowest BCUT2D eigenvalue weighted by molar-refractivity contribution is -0.0365. The molecule has 0 aromatic carbocycles. The molecule has 2 heterocycles. The number of nitrogens with zero attached hydrogens (tertiary/aromatic N) is 1. The van der Waals surface area contributed by atoms with Gasteiger partial charge in [0.2, 0.25) is 0 Å². The molecule has 3 N–H and O–H groups in total. The van der Waals surface area contributed by atoms with Crippen molar-refractivity contribution in [3.8, 4) is 0 Å². The van der Waals surface area contributed by atoms with Gasteiger partial charge in [-0.05, 0) is 38.9 Å². The SMILES string of the molecule is CCCN(CC1(O)CCNCC1)C1CNC1. The van der Waals surface area contributed by atoms with Crippen LogP contribution in [0.4, 0.5) is 0 Å². The van der Waals surface area contributed by atoms with Crippen LogP contribution in [-0.2, 0) is 0 Å². The van der Waals surface area contributed by atoms with Crippen molar-refractivity contribution < 1.29 is 5.11 Å². The second-order valence-corrected chi connectivity index (χ2v) is 5.26. The van der Waals surface area contributed by atoms with Crippen LogP contribution in [0.25, 0.3) is 0 Å². The molecule has 4 heteroatoms. The molecule has 2 saturated heterocycles. The molecule has 0 aromatic rings. The van der Waals surface area contributed by atoms with Crippen LogP contribution in [0.1, 0.15) is 26.2 Å². The van der Waals surface area contributed by atoms with Gasteiger partial charge in [-0.25, -0.2) is 0 Å². The van der Waals surface area contributed by atoms with E-state index in [-0.39, 0.29) is 0 Å². The summed E-state index contributed by atoms with van der Waals surface area (Å²) in [6, 6.07) is 0.652. The molecule has 4 nitrogen and oxygen atoms in total. The molecule has 0 radical (unpaired) electrons. The van der Waals surface area contributed by atoms with Gasteiger partial charge in [0.05, 0.1) is 5.60 Å². The Morgan fingerprint density at radius 3 is 2.44 bits per heavy atom. The highest BCUT2D eigenvalue weighted by Crippen LogP contribution is 2.21. The predicted octanol–water partition coefficient (Wildman–Crippen LogP) is -0.215. The summed E-state index contributed by atoms with van der Waals surface area (Å²) < 4.78 is 0. The van der Waals surface area contributed by atoms with E-state index < -0.39 is 5.60 Å². The average molecular weight is 227 g/mol. The van der Waals surface area contributed by atoms with Gasteiger partial charge in [-0.1, -0.05) is 6.92 Å². The molecule has 0 spiro atoms. The highest BCUT2D eigenvalue weighted by molar-refractivity contribution is 4.92. The number of rotatable bonds is 5. The lowest BCUT2D eigenvalue weighted by atomic mass is 9.91. The van der Waals surface area contributed by atoms with Gasteiger partial charge in [0.1, 0.15) is 0 Å². The van der Waals surface area contributed by atoms with Crippen molar-refractivity contribution in [1.82, 2.24) is 15.5 Å². The fourth-order valence-electron chi connectivity index (χ4n) is 2.64. The summed E-state index contributed by atoms with van der Waals surface area (Å²) in [5.74, 6) is 0. The molecule has 0 bridgehead atoms. The Morgan fingerprint density at radius 1 is 1.25 bits per heavy atom. The summed E-state index contributed by atoms with van der Waals surface area (Å²) in [7, 11) is 0. The highest BCUT2D eigenvalue weighted by Gasteiger charge is 2.34. The molecule has 0 amide bonds. The van der Waals surface area contributed by atoms with Gasteiger partial charge in [-0.15, -0.1) is 0 Å². The maximum absolute atomic E-state index is 10.5. The number of hydrogen-bond acceptors (Lipinski definition) is 4. The third-order valence-corrected chi connectivity index (χ3v) is 3.82. The van der Waals surface area contributed by atoms with Gasteiger partial charge in [-0.3, -0.25) is 4.90 Å². The van der Waals surface area contributed by atoms with Crippen molar-refractivity contribution in [3.63, 3.8) is 0 Å². The molecule has 0 atom stereocenters. The second kappa shape index (κ2) is 5.45. The van der Waals surface area contributed by atoms with E-state index in [1.54, 1.807) is 0 Å². The lowest BCUT2D eigenvalue weighted by Gasteiger charge is -2.43. The maximum atomic E-state index is 10.5. The largest absolute Gasteiger partial charge is 0.388 e. The van der Waals surface area contributed by atoms with Crippen molar-refractivity contribution in [2.75, 3.05) is 39.3 Å². The molecule has 0 unspecified atom stereocenters. The van der Waals surface area contributed by atoms with Crippen LogP contribution in [-0.4, -0.2) is 60.9 Å². The van der Waals surface area contributed by atoms with Crippen molar-refractivity contribution in [3.05, 3.63) is 0 Å². The van der Waals surface area contributed by atoms with E-state index in [9.17, 15) is 5.11 Å². The standard InChI is InChI=1S/C12H25N3O/c1-2-7-15(11-8-14-9-11)10-12(16)3-5-13-6-4-12/h11,13-14,16H,2-10H2,1H3. The first-order valence-electron chi connectivity index (χ1n) is 6.61. The Hall–Kier alpha value is -0.160. The van der Waals surface area contributed by atoms with Crippen molar-refractivity contribution in [1.29, 1.82) is 0 Å². The van der Waals surface area contributed by atoms with E-state index in [0.29, 0.717) is 6.04 Å². The van der Waals surface area contributed by atoms with Crippen molar-refractivity contribution in [2.45, 2.75) is 37.8 Å². The average Bonchev–Trinajstić information content (AvgIpc) is 2.15. The van der Waals surface area contributed by atoms with Crippen LogP contribution in [0, 0.1) is 0 Å². The Bertz CT molecular complexity index is 212. The Kier molecular flexibility index (Phi) is 4.19. The number of hydrogen-bond donors (Lipinski definition) is 3. The first-order valence-corrected chi connectivity index (χ1v) is 6.61. The third-order valence-electron chi connectivity index (χ3n) is 3.82. The van der Waals surface area contributed by atoms with Gasteiger partial charge in [0.25, 0.3) is 0 Å². The van der Waals surface area contributed by atoms with E-state index in [1.807, 2.05) is 0 Å². The minimum absolute atomic E-state index is 0.448. The fraction of sp³-hybridized carbons (Fsp3) is 1.00. The predicted molar refractivity (Wildman–Crippen MR) is 65.6 cm³/mol. The van der Waals surface area contributed by atoms with Gasteiger partial charge in [0.15, 0.2) is 0 Å². The van der Waals surface area contributed by atoms with Crippen molar-refractivity contribution >= 4 is 0 Å². The van der Waals surface area contributed by atoms with E-state index in [2.05, 4.69) is 22.5 Å². The normalized spacial score (nSPS) is 25.7. The Labute approximate surface area is 98.4 Å². The summed E-state index contributed by atoms with van der Waals surface area (Å²) in [5, 5.41) is 17.2. The van der Waals surface area contributed by atoms with E-state index >= 15 is 0 Å². The second-order valence-electron chi connectivity index (χ2n) is 5.26. The highest BCUT2D eigenvalue weighted by atomic mass is 16.3. The zero-order valence-corrected chi connectivity index (χ0v) is 10.3. The monoisotopic (exact) mass is 227 g/mol. The molecule has 0 aromatic heterocycles. The zero-order valence-electron chi connectivity index (χ0n) is 10.3. The van der Waals surface area contributed by atoms with Crippen molar-refractivity contribution in [2.24, 2.45) is 0 Å². The minimum atomic E-state index is -0.448. The molecular weight excluding hydrogens is 202 g/mol. The van der Waals surface area contributed by atoms with Gasteiger partial charge < -0.3 is 15.7 Å². The Morgan fingerprint density at radius 2 is 1.94 bits per heavy atom. The number of nitrogens with one attached hydrogen (secondary N) is 2. The number of piperidine rings is 1. The summed E-state index contributed by atoms with van der Waals surface area (Å²) in [5.41, 5.74) is -0.448. The molecular formula is C12H25N3O. The summed E-state index contributed by atoms with van der Waals surface area (Å²) >= 11 is 0. The van der Waals surface area contributed by atoms with Crippen LogP contribution in [0.15, 0.2) is 0 Å². The minimum Gasteiger partial charge on any atom is -0.388 e. The lowest BCUT2D eigenvalue weighted by Crippen LogP contribution is -2.61. The number of aliphatic hydroxyl groups is 1. The summed E-state index contributed by atoms with van der Waals surface area (Å²) in [6.07, 6.45) is 2.96. The maximum Gasteiger partial charge on any atom is 0.0798 e. The van der Waals surface area contributed by atoms with E-state index in [1.165, 1.54) is 6.42 Å². The molecule has 16 heavy (non-hydrogen) atoms. The Balaban J connectivity index is 1.87. The molecule has 2 rings (SSSR count). The molecule has 2 aliphatic rings. The zero-order chi connectivity index (χ0) is 11.4. The molecule has 2 aliphatic heterocycles. The fourth-order valence-corrected chi connectivity index (χ4v) is 2.64. The van der Waals surface area contributed by atoms with Gasteiger partial charge >= 0.3 is 0 Å². The van der Waals surface area contributed by atoms with Crippen LogP contribution in [0.3, 0.4) is 0 Å². The van der Waals surface area contributed by atoms with Crippen LogP contribution < -0.4 is 10.6 Å². The first-order chi connectivity index (χ1) is 7.73. The van der Waals surface area contributed by atoms with Crippen LogP contribution in [0.2, 0.25) is 0 Å². The topological polar surface area (TPSA) is 47.5 Å². The molecule has 0 saturated carbocycles. The first kappa shape index (κ1) is 12.3. The summed E-state index contributed by atoms with van der Waals surface area (Å²) in [4.78, 5) is 2.47. The van der Waals surface area contributed by atoms with Gasteiger partial charge in [0, 0.05) is 25.7 Å².